The maximum atomic E-state index is 13.3. The predicted molar refractivity (Wildman–Crippen MR) is 106 cm³/mol. The average Bonchev–Trinajstić information content (AvgIpc) is 3.33. The van der Waals surface area contributed by atoms with E-state index in [0.29, 0.717) is 63.3 Å². The van der Waals surface area contributed by atoms with Crippen LogP contribution in [0.2, 0.25) is 0 Å². The number of carbonyl (C=O) groups is 2. The number of aliphatic imine (C=N–C) groups is 1. The summed E-state index contributed by atoms with van der Waals surface area (Å²) in [4.78, 5) is 32.8. The SMILES string of the molecule is CCC(=O)N1CC2=C(C1)C(C(=O)N1CCC(c3ccccc3C(F)(F)F)CC1)=NC2. The van der Waals surface area contributed by atoms with E-state index in [-0.39, 0.29) is 17.7 Å². The van der Waals surface area contributed by atoms with E-state index >= 15 is 0 Å². The number of piperidine rings is 1. The second-order valence-electron chi connectivity index (χ2n) is 8.00. The summed E-state index contributed by atoms with van der Waals surface area (Å²) in [5.41, 5.74) is 2.02. The fourth-order valence-electron chi connectivity index (χ4n) is 4.59. The molecule has 0 atom stereocenters. The first kappa shape index (κ1) is 20.6. The largest absolute Gasteiger partial charge is 0.416 e. The molecule has 0 saturated carbocycles. The molecule has 1 fully saturated rings. The number of hydrogen-bond donors (Lipinski definition) is 0. The maximum Gasteiger partial charge on any atom is 0.416 e. The average molecular weight is 419 g/mol. The van der Waals surface area contributed by atoms with E-state index < -0.39 is 11.7 Å². The van der Waals surface area contributed by atoms with E-state index in [2.05, 4.69) is 4.99 Å². The lowest BCUT2D eigenvalue weighted by Crippen LogP contribution is -2.42. The van der Waals surface area contributed by atoms with Gasteiger partial charge in [-0.1, -0.05) is 25.1 Å². The van der Waals surface area contributed by atoms with Crippen LogP contribution in [0.1, 0.15) is 43.2 Å². The number of alkyl halides is 3. The quantitative estimate of drug-likeness (QED) is 0.754. The van der Waals surface area contributed by atoms with Crippen LogP contribution in [0, 0.1) is 0 Å². The Labute approximate surface area is 173 Å². The van der Waals surface area contributed by atoms with Crippen LogP contribution in [0.15, 0.2) is 40.4 Å². The van der Waals surface area contributed by atoms with Gasteiger partial charge in [-0.3, -0.25) is 14.6 Å². The first-order chi connectivity index (χ1) is 14.3. The van der Waals surface area contributed by atoms with Crippen molar-refractivity contribution in [1.29, 1.82) is 0 Å². The Hall–Kier alpha value is -2.64. The van der Waals surface area contributed by atoms with Crippen LogP contribution in [-0.4, -0.2) is 60.0 Å². The first-order valence-corrected chi connectivity index (χ1v) is 10.3. The highest BCUT2D eigenvalue weighted by atomic mass is 19.4. The third-order valence-corrected chi connectivity index (χ3v) is 6.22. The fraction of sp³-hybridized carbons (Fsp3) is 0.500. The Balaban J connectivity index is 1.41. The van der Waals surface area contributed by atoms with Gasteiger partial charge in [0.2, 0.25) is 5.91 Å². The zero-order valence-corrected chi connectivity index (χ0v) is 16.8. The van der Waals surface area contributed by atoms with Crippen LogP contribution < -0.4 is 0 Å². The Morgan fingerprint density at radius 1 is 1.10 bits per heavy atom. The van der Waals surface area contributed by atoms with Crippen LogP contribution in [0.3, 0.4) is 0 Å². The van der Waals surface area contributed by atoms with Gasteiger partial charge in [0.1, 0.15) is 5.71 Å². The molecule has 30 heavy (non-hydrogen) atoms. The van der Waals surface area contributed by atoms with Crippen molar-refractivity contribution in [3.8, 4) is 0 Å². The molecule has 160 valence electrons. The number of halogens is 3. The lowest BCUT2D eigenvalue weighted by atomic mass is 9.86. The molecule has 0 aromatic heterocycles. The molecular weight excluding hydrogens is 395 g/mol. The summed E-state index contributed by atoms with van der Waals surface area (Å²) in [6, 6.07) is 5.70. The van der Waals surface area contributed by atoms with E-state index in [0.717, 1.165) is 17.2 Å². The minimum Gasteiger partial charge on any atom is -0.337 e. The summed E-state index contributed by atoms with van der Waals surface area (Å²) in [7, 11) is 0. The van der Waals surface area contributed by atoms with E-state index in [1.54, 1.807) is 21.9 Å². The fourth-order valence-corrected chi connectivity index (χ4v) is 4.59. The Morgan fingerprint density at radius 2 is 1.80 bits per heavy atom. The molecule has 0 unspecified atom stereocenters. The highest BCUT2D eigenvalue weighted by Gasteiger charge is 2.38. The molecular formula is C22H24F3N3O2. The third kappa shape index (κ3) is 3.75. The lowest BCUT2D eigenvalue weighted by Gasteiger charge is -2.33. The number of likely N-dealkylation sites (tertiary alicyclic amines) is 1. The normalized spacial score (nSPS) is 19.9. The summed E-state index contributed by atoms with van der Waals surface area (Å²) in [5.74, 6) is -0.343. The summed E-state index contributed by atoms with van der Waals surface area (Å²) < 4.78 is 40.0. The molecule has 5 nitrogen and oxygen atoms in total. The summed E-state index contributed by atoms with van der Waals surface area (Å²) in [5, 5.41) is 0. The van der Waals surface area contributed by atoms with Gasteiger partial charge in [-0.15, -0.1) is 0 Å². The highest BCUT2D eigenvalue weighted by molar-refractivity contribution is 6.46. The van der Waals surface area contributed by atoms with Crippen LogP contribution in [0.25, 0.3) is 0 Å². The number of nitrogens with zero attached hydrogens (tertiary/aromatic N) is 3. The summed E-state index contributed by atoms with van der Waals surface area (Å²) in [6.07, 6.45) is -2.99. The standard InChI is InChI=1S/C22H24F3N3O2/c1-2-19(29)28-12-15-11-26-20(17(15)13-28)21(30)27-9-7-14(8-10-27)16-5-3-4-6-18(16)22(23,24)25/h3-6,14H,2,7-13H2,1H3. The van der Waals surface area contributed by atoms with Crippen molar-refractivity contribution in [3.63, 3.8) is 0 Å². The molecule has 4 rings (SSSR count). The van der Waals surface area contributed by atoms with Crippen molar-refractivity contribution in [1.82, 2.24) is 9.80 Å². The van der Waals surface area contributed by atoms with Gasteiger partial charge in [0.25, 0.3) is 5.91 Å². The van der Waals surface area contributed by atoms with Crippen molar-refractivity contribution in [3.05, 3.63) is 46.5 Å². The molecule has 3 aliphatic rings. The molecule has 0 bridgehead atoms. The number of carbonyl (C=O) groups excluding carboxylic acids is 2. The van der Waals surface area contributed by atoms with Crippen LogP contribution in [-0.2, 0) is 15.8 Å². The summed E-state index contributed by atoms with van der Waals surface area (Å²) in [6.45, 7) is 4.00. The number of hydrogen-bond acceptors (Lipinski definition) is 3. The molecule has 1 saturated heterocycles. The second-order valence-corrected chi connectivity index (χ2v) is 8.00. The monoisotopic (exact) mass is 419 g/mol. The molecule has 3 aliphatic heterocycles. The van der Waals surface area contributed by atoms with Crippen LogP contribution >= 0.6 is 0 Å². The van der Waals surface area contributed by atoms with Crippen LogP contribution in [0.4, 0.5) is 13.2 Å². The van der Waals surface area contributed by atoms with E-state index in [9.17, 15) is 22.8 Å². The lowest BCUT2D eigenvalue weighted by molar-refractivity contribution is -0.138. The Kier molecular flexibility index (Phi) is 5.42. The number of benzene rings is 1. The minimum absolute atomic E-state index is 0.0559. The molecule has 0 radical (unpaired) electrons. The van der Waals surface area contributed by atoms with Crippen molar-refractivity contribution < 1.29 is 22.8 Å². The molecule has 2 amide bonds. The Bertz CT molecular complexity index is 928. The second kappa shape index (κ2) is 7.89. The van der Waals surface area contributed by atoms with Gasteiger partial charge in [-0.05, 0) is 36.0 Å². The first-order valence-electron chi connectivity index (χ1n) is 10.3. The third-order valence-electron chi connectivity index (χ3n) is 6.22. The van der Waals surface area contributed by atoms with Crippen molar-refractivity contribution in [2.75, 3.05) is 32.7 Å². The topological polar surface area (TPSA) is 53.0 Å². The maximum absolute atomic E-state index is 13.3. The highest BCUT2D eigenvalue weighted by Crippen LogP contribution is 2.39. The molecule has 3 heterocycles. The van der Waals surface area contributed by atoms with Gasteiger partial charge in [-0.25, -0.2) is 0 Å². The van der Waals surface area contributed by atoms with Crippen molar-refractivity contribution in [2.45, 2.75) is 38.3 Å². The van der Waals surface area contributed by atoms with E-state index in [4.69, 9.17) is 0 Å². The zero-order valence-electron chi connectivity index (χ0n) is 16.8. The van der Waals surface area contributed by atoms with Gasteiger partial charge in [0.05, 0.1) is 12.1 Å². The van der Waals surface area contributed by atoms with E-state index in [1.807, 2.05) is 6.92 Å². The van der Waals surface area contributed by atoms with E-state index in [1.165, 1.54) is 6.07 Å². The van der Waals surface area contributed by atoms with Gasteiger partial charge >= 0.3 is 6.18 Å². The van der Waals surface area contributed by atoms with Crippen LogP contribution in [0.5, 0.6) is 0 Å². The minimum atomic E-state index is -4.38. The smallest absolute Gasteiger partial charge is 0.337 e. The van der Waals surface area contributed by atoms with Gasteiger partial charge in [0, 0.05) is 38.2 Å². The van der Waals surface area contributed by atoms with Gasteiger partial charge < -0.3 is 9.80 Å². The molecule has 0 spiro atoms. The Morgan fingerprint density at radius 3 is 2.47 bits per heavy atom. The molecule has 8 heteroatoms. The van der Waals surface area contributed by atoms with Gasteiger partial charge in [-0.2, -0.15) is 13.2 Å². The molecule has 0 N–H and O–H groups in total. The number of amides is 2. The van der Waals surface area contributed by atoms with Crippen molar-refractivity contribution in [2.24, 2.45) is 4.99 Å². The summed E-state index contributed by atoms with van der Waals surface area (Å²) >= 11 is 0. The van der Waals surface area contributed by atoms with Crippen molar-refractivity contribution >= 4 is 17.5 Å². The van der Waals surface area contributed by atoms with Gasteiger partial charge in [0.15, 0.2) is 0 Å². The zero-order chi connectivity index (χ0) is 21.5. The molecule has 0 aliphatic carbocycles. The predicted octanol–water partition coefficient (Wildman–Crippen LogP) is 3.41. The molecule has 1 aromatic carbocycles. The number of rotatable bonds is 3. The molecule has 1 aromatic rings.